The van der Waals surface area contributed by atoms with Crippen molar-refractivity contribution in [2.24, 2.45) is 0 Å². The highest BCUT2D eigenvalue weighted by atomic mass is 16.5. The molecule has 3 aromatic heterocycles. The molecule has 0 aliphatic heterocycles. The topological polar surface area (TPSA) is 130 Å². The summed E-state index contributed by atoms with van der Waals surface area (Å²) in [6.45, 7) is 3.72. The molecule has 0 spiro atoms. The van der Waals surface area contributed by atoms with Gasteiger partial charge in [-0.05, 0) is 24.8 Å². The van der Waals surface area contributed by atoms with E-state index in [1.54, 1.807) is 17.9 Å². The molecule has 0 atom stereocenters. The van der Waals surface area contributed by atoms with Crippen LogP contribution in [0.2, 0.25) is 0 Å². The maximum Gasteiger partial charge on any atom is 0.320 e. The quantitative estimate of drug-likeness (QED) is 0.427. The van der Waals surface area contributed by atoms with Gasteiger partial charge in [0.25, 0.3) is 6.01 Å². The van der Waals surface area contributed by atoms with Crippen molar-refractivity contribution in [1.29, 1.82) is 0 Å². The van der Waals surface area contributed by atoms with Crippen molar-refractivity contribution >= 4 is 17.0 Å². The molecule has 0 bridgehead atoms. The van der Waals surface area contributed by atoms with Gasteiger partial charge < -0.3 is 25.1 Å². The maximum atomic E-state index is 8.81. The van der Waals surface area contributed by atoms with Crippen LogP contribution in [0, 0.1) is 0 Å². The van der Waals surface area contributed by atoms with Gasteiger partial charge in [0.15, 0.2) is 17.0 Å². The number of hydrogen-bond donors (Lipinski definition) is 2. The molecule has 0 saturated carbocycles. The Kier molecular flexibility index (Phi) is 7.61. The SMILES string of the molecule is CCCCOc1nc(N)c2nc(OC)n(Cc3ccc(OCCCCO)nc3)c2n1. The van der Waals surface area contributed by atoms with E-state index < -0.39 is 0 Å². The summed E-state index contributed by atoms with van der Waals surface area (Å²) in [5.41, 5.74) is 7.99. The van der Waals surface area contributed by atoms with Crippen molar-refractivity contribution in [3.05, 3.63) is 23.9 Å². The Morgan fingerprint density at radius 3 is 2.60 bits per heavy atom. The van der Waals surface area contributed by atoms with Crippen molar-refractivity contribution in [2.75, 3.05) is 32.7 Å². The molecule has 0 saturated heterocycles. The fraction of sp³-hybridized carbons (Fsp3) is 0.500. The average Bonchev–Trinajstić information content (AvgIpc) is 3.11. The first-order chi connectivity index (χ1) is 14.7. The van der Waals surface area contributed by atoms with Crippen LogP contribution in [0.3, 0.4) is 0 Å². The number of rotatable bonds is 12. The van der Waals surface area contributed by atoms with Gasteiger partial charge in [-0.2, -0.15) is 15.0 Å². The smallest absolute Gasteiger partial charge is 0.320 e. The Labute approximate surface area is 175 Å². The summed E-state index contributed by atoms with van der Waals surface area (Å²) < 4.78 is 18.4. The Morgan fingerprint density at radius 2 is 1.90 bits per heavy atom. The molecule has 0 amide bonds. The zero-order chi connectivity index (χ0) is 21.3. The van der Waals surface area contributed by atoms with E-state index in [-0.39, 0.29) is 18.4 Å². The lowest BCUT2D eigenvalue weighted by Crippen LogP contribution is -2.07. The van der Waals surface area contributed by atoms with E-state index in [9.17, 15) is 0 Å². The standard InChI is InChI=1S/C20H28N6O4/c1-3-4-10-30-19-24-17(21)16-18(25-19)26(20(23-16)28-2)13-14-7-8-15(22-12-14)29-11-6-5-9-27/h7-8,12,27H,3-6,9-11,13H2,1-2H3,(H2,21,24,25). The third-order valence-corrected chi connectivity index (χ3v) is 4.42. The number of nitrogens with zero attached hydrogens (tertiary/aromatic N) is 5. The van der Waals surface area contributed by atoms with Gasteiger partial charge in [0.2, 0.25) is 5.88 Å². The summed E-state index contributed by atoms with van der Waals surface area (Å²) in [4.78, 5) is 17.4. The Balaban J connectivity index is 1.80. The van der Waals surface area contributed by atoms with Crippen LogP contribution >= 0.6 is 0 Å². The zero-order valence-corrected chi connectivity index (χ0v) is 17.4. The molecule has 10 nitrogen and oxygen atoms in total. The first-order valence-corrected chi connectivity index (χ1v) is 10.0. The van der Waals surface area contributed by atoms with Crippen molar-refractivity contribution < 1.29 is 19.3 Å². The minimum absolute atomic E-state index is 0.163. The van der Waals surface area contributed by atoms with Crippen LogP contribution in [0.5, 0.6) is 17.9 Å². The van der Waals surface area contributed by atoms with Gasteiger partial charge in [0, 0.05) is 18.9 Å². The third-order valence-electron chi connectivity index (χ3n) is 4.42. The second-order valence-electron chi connectivity index (χ2n) is 6.73. The minimum Gasteiger partial charge on any atom is -0.478 e. The molecule has 0 unspecified atom stereocenters. The van der Waals surface area contributed by atoms with Crippen LogP contribution in [0.15, 0.2) is 18.3 Å². The third kappa shape index (κ3) is 5.26. The van der Waals surface area contributed by atoms with Crippen molar-refractivity contribution in [3.8, 4) is 17.9 Å². The number of aliphatic hydroxyl groups is 1. The predicted octanol–water partition coefficient (Wildman–Crippen LogP) is 2.19. The van der Waals surface area contributed by atoms with Crippen LogP contribution in [0.25, 0.3) is 11.2 Å². The van der Waals surface area contributed by atoms with E-state index in [0.717, 1.165) is 24.8 Å². The van der Waals surface area contributed by atoms with E-state index in [4.69, 9.17) is 25.1 Å². The molecular weight excluding hydrogens is 388 g/mol. The first-order valence-electron chi connectivity index (χ1n) is 10.0. The van der Waals surface area contributed by atoms with E-state index in [0.29, 0.717) is 49.2 Å². The maximum absolute atomic E-state index is 8.81. The second kappa shape index (κ2) is 10.6. The zero-order valence-electron chi connectivity index (χ0n) is 17.4. The van der Waals surface area contributed by atoms with Gasteiger partial charge in [-0.25, -0.2) is 4.98 Å². The number of anilines is 1. The van der Waals surface area contributed by atoms with E-state index in [2.05, 4.69) is 26.9 Å². The predicted molar refractivity (Wildman–Crippen MR) is 112 cm³/mol. The molecular formula is C20H28N6O4. The van der Waals surface area contributed by atoms with Crippen LogP contribution < -0.4 is 19.9 Å². The molecule has 0 fully saturated rings. The Bertz CT molecular complexity index is 945. The lowest BCUT2D eigenvalue weighted by Gasteiger charge is -2.09. The number of aliphatic hydroxyl groups excluding tert-OH is 1. The number of pyridine rings is 1. The molecule has 162 valence electrons. The van der Waals surface area contributed by atoms with Gasteiger partial charge >= 0.3 is 6.01 Å². The van der Waals surface area contributed by atoms with Gasteiger partial charge in [0.1, 0.15) is 0 Å². The lowest BCUT2D eigenvalue weighted by molar-refractivity contribution is 0.249. The summed E-state index contributed by atoms with van der Waals surface area (Å²) in [6.07, 6.45) is 5.14. The van der Waals surface area contributed by atoms with E-state index >= 15 is 0 Å². The number of aromatic nitrogens is 5. The normalized spacial score (nSPS) is 11.0. The van der Waals surface area contributed by atoms with Crippen LogP contribution in [0.1, 0.15) is 38.2 Å². The molecule has 3 aromatic rings. The number of methoxy groups -OCH3 is 1. The number of hydrogen-bond acceptors (Lipinski definition) is 9. The minimum atomic E-state index is 0.163. The average molecular weight is 416 g/mol. The largest absolute Gasteiger partial charge is 0.478 e. The monoisotopic (exact) mass is 416 g/mol. The van der Waals surface area contributed by atoms with Gasteiger partial charge in [-0.1, -0.05) is 19.4 Å². The van der Waals surface area contributed by atoms with Gasteiger partial charge in [-0.15, -0.1) is 0 Å². The van der Waals surface area contributed by atoms with Crippen LogP contribution in [-0.4, -0.2) is 56.5 Å². The Morgan fingerprint density at radius 1 is 1.07 bits per heavy atom. The molecule has 10 heteroatoms. The van der Waals surface area contributed by atoms with E-state index in [1.165, 1.54) is 0 Å². The molecule has 3 N–H and O–H groups in total. The molecule has 30 heavy (non-hydrogen) atoms. The lowest BCUT2D eigenvalue weighted by atomic mass is 10.3. The van der Waals surface area contributed by atoms with Crippen molar-refractivity contribution in [1.82, 2.24) is 24.5 Å². The fourth-order valence-electron chi connectivity index (χ4n) is 2.81. The molecule has 0 aliphatic rings. The second-order valence-corrected chi connectivity index (χ2v) is 6.73. The van der Waals surface area contributed by atoms with E-state index in [1.807, 2.05) is 12.1 Å². The highest BCUT2D eigenvalue weighted by Crippen LogP contribution is 2.26. The van der Waals surface area contributed by atoms with Gasteiger partial charge in [0.05, 0.1) is 26.9 Å². The number of nitrogen functional groups attached to an aromatic ring is 1. The molecule has 3 heterocycles. The van der Waals surface area contributed by atoms with Crippen LogP contribution in [-0.2, 0) is 6.54 Å². The highest BCUT2D eigenvalue weighted by Gasteiger charge is 2.18. The van der Waals surface area contributed by atoms with Crippen molar-refractivity contribution in [3.63, 3.8) is 0 Å². The molecule has 3 rings (SSSR count). The Hall–Kier alpha value is -3.14. The van der Waals surface area contributed by atoms with Gasteiger partial charge in [-0.3, -0.25) is 4.57 Å². The highest BCUT2D eigenvalue weighted by molar-refractivity contribution is 5.83. The summed E-state index contributed by atoms with van der Waals surface area (Å²) >= 11 is 0. The molecule has 0 aromatic carbocycles. The molecule has 0 radical (unpaired) electrons. The first kappa shape index (κ1) is 21.6. The summed E-state index contributed by atoms with van der Waals surface area (Å²) in [6, 6.07) is 4.33. The summed E-state index contributed by atoms with van der Waals surface area (Å²) in [5.74, 6) is 0.783. The number of fused-ring (bicyclic) bond motifs is 1. The fourth-order valence-corrected chi connectivity index (χ4v) is 2.81. The molecule has 0 aliphatic carbocycles. The summed E-state index contributed by atoms with van der Waals surface area (Å²) in [7, 11) is 1.54. The number of ether oxygens (including phenoxy) is 3. The number of imidazole rings is 1. The number of unbranched alkanes of at least 4 members (excludes halogenated alkanes) is 2. The number of nitrogens with two attached hydrogens (primary N) is 1. The summed E-state index contributed by atoms with van der Waals surface area (Å²) in [5, 5.41) is 8.81. The van der Waals surface area contributed by atoms with Crippen molar-refractivity contribution in [2.45, 2.75) is 39.2 Å². The van der Waals surface area contributed by atoms with Crippen LogP contribution in [0.4, 0.5) is 5.82 Å².